The van der Waals surface area contributed by atoms with E-state index in [2.05, 4.69) is 5.32 Å². The Morgan fingerprint density at radius 2 is 1.82 bits per heavy atom. The maximum atomic E-state index is 12.3. The fraction of sp³-hybridized carbons (Fsp3) is 0.529. The molecule has 0 aromatic heterocycles. The highest BCUT2D eigenvalue weighted by Gasteiger charge is 2.26. The third-order valence-electron chi connectivity index (χ3n) is 4.28. The Balaban J connectivity index is 1.91. The zero-order valence-corrected chi connectivity index (χ0v) is 12.8. The quantitative estimate of drug-likeness (QED) is 0.557. The van der Waals surface area contributed by atoms with Gasteiger partial charge in [0.2, 0.25) is 5.91 Å². The number of benzene rings is 1. The van der Waals surface area contributed by atoms with Crippen molar-refractivity contribution in [3.05, 3.63) is 35.9 Å². The molecule has 2 amide bonds. The maximum Gasteiger partial charge on any atom is 0.265 e. The standard InChI is InChI=1S/C17H24N2O3/c20-16(14-9-5-2-6-10-14)18-15(17(21)19-22)12-11-13-7-3-1-4-8-13/h1,3-4,7-8,14-15,22H,2,5-6,9-12H2,(H,18,20)(H,19,21). The Hall–Kier alpha value is -1.88. The second-order valence-corrected chi connectivity index (χ2v) is 5.90. The van der Waals surface area contributed by atoms with Crippen molar-refractivity contribution < 1.29 is 14.8 Å². The van der Waals surface area contributed by atoms with Gasteiger partial charge < -0.3 is 5.32 Å². The smallest absolute Gasteiger partial charge is 0.265 e. The number of carbonyl (C=O) groups excluding carboxylic acids is 2. The minimum absolute atomic E-state index is 0.000492. The van der Waals surface area contributed by atoms with Crippen molar-refractivity contribution in [1.82, 2.24) is 10.8 Å². The molecule has 120 valence electrons. The number of rotatable bonds is 6. The van der Waals surface area contributed by atoms with E-state index >= 15 is 0 Å². The predicted octanol–water partition coefficient (Wildman–Crippen LogP) is 2.19. The molecule has 1 aliphatic carbocycles. The zero-order chi connectivity index (χ0) is 15.8. The highest BCUT2D eigenvalue weighted by molar-refractivity contribution is 5.87. The van der Waals surface area contributed by atoms with E-state index in [-0.39, 0.29) is 11.8 Å². The van der Waals surface area contributed by atoms with Crippen LogP contribution >= 0.6 is 0 Å². The monoisotopic (exact) mass is 304 g/mol. The van der Waals surface area contributed by atoms with Gasteiger partial charge in [-0.3, -0.25) is 14.8 Å². The molecule has 1 unspecified atom stereocenters. The summed E-state index contributed by atoms with van der Waals surface area (Å²) in [7, 11) is 0. The average Bonchev–Trinajstić information content (AvgIpc) is 2.59. The fourth-order valence-electron chi connectivity index (χ4n) is 2.96. The molecule has 5 nitrogen and oxygen atoms in total. The second-order valence-electron chi connectivity index (χ2n) is 5.90. The first-order valence-electron chi connectivity index (χ1n) is 7.99. The van der Waals surface area contributed by atoms with E-state index < -0.39 is 11.9 Å². The summed E-state index contributed by atoms with van der Waals surface area (Å²) in [6.45, 7) is 0. The lowest BCUT2D eigenvalue weighted by molar-refractivity contribution is -0.136. The van der Waals surface area contributed by atoms with E-state index in [1.165, 1.54) is 6.42 Å². The number of nitrogens with one attached hydrogen (secondary N) is 2. The van der Waals surface area contributed by atoms with Gasteiger partial charge in [-0.2, -0.15) is 0 Å². The summed E-state index contributed by atoms with van der Waals surface area (Å²) in [6.07, 6.45) is 6.23. The van der Waals surface area contributed by atoms with Crippen LogP contribution in [0.3, 0.4) is 0 Å². The number of amides is 2. The van der Waals surface area contributed by atoms with Crippen LogP contribution in [0.25, 0.3) is 0 Å². The molecule has 2 rings (SSSR count). The van der Waals surface area contributed by atoms with Crippen LogP contribution in [0.4, 0.5) is 0 Å². The Morgan fingerprint density at radius 3 is 2.45 bits per heavy atom. The summed E-state index contributed by atoms with van der Waals surface area (Å²) >= 11 is 0. The van der Waals surface area contributed by atoms with Crippen molar-refractivity contribution in [2.75, 3.05) is 0 Å². The van der Waals surface area contributed by atoms with Crippen molar-refractivity contribution in [3.63, 3.8) is 0 Å². The summed E-state index contributed by atoms with van der Waals surface area (Å²) in [5, 5.41) is 11.7. The lowest BCUT2D eigenvalue weighted by Crippen LogP contribution is -2.48. The van der Waals surface area contributed by atoms with Gasteiger partial charge in [-0.05, 0) is 31.2 Å². The number of hydroxylamine groups is 1. The van der Waals surface area contributed by atoms with Gasteiger partial charge in [0.15, 0.2) is 0 Å². The molecule has 5 heteroatoms. The second kappa shape index (κ2) is 8.54. The summed E-state index contributed by atoms with van der Waals surface area (Å²) in [5.74, 6) is -0.624. The molecule has 3 N–H and O–H groups in total. The molecule has 0 bridgehead atoms. The van der Waals surface area contributed by atoms with Crippen LogP contribution in [-0.2, 0) is 16.0 Å². The molecule has 0 aliphatic heterocycles. The number of aryl methyl sites for hydroxylation is 1. The van der Waals surface area contributed by atoms with Crippen molar-refractivity contribution in [2.45, 2.75) is 51.0 Å². The van der Waals surface area contributed by atoms with Crippen molar-refractivity contribution in [2.24, 2.45) is 5.92 Å². The Morgan fingerprint density at radius 1 is 1.14 bits per heavy atom. The van der Waals surface area contributed by atoms with Gasteiger partial charge in [-0.15, -0.1) is 0 Å². The van der Waals surface area contributed by atoms with Gasteiger partial charge in [0.05, 0.1) is 0 Å². The van der Waals surface area contributed by atoms with Crippen LogP contribution in [0.5, 0.6) is 0 Å². The van der Waals surface area contributed by atoms with Gasteiger partial charge in [-0.25, -0.2) is 5.48 Å². The highest BCUT2D eigenvalue weighted by Crippen LogP contribution is 2.23. The summed E-state index contributed by atoms with van der Waals surface area (Å²) in [5.41, 5.74) is 2.76. The molecule has 1 fully saturated rings. The van der Waals surface area contributed by atoms with Crippen molar-refractivity contribution in [1.29, 1.82) is 0 Å². The van der Waals surface area contributed by atoms with Gasteiger partial charge in [0.25, 0.3) is 5.91 Å². The van der Waals surface area contributed by atoms with E-state index in [1.807, 2.05) is 30.3 Å². The van der Waals surface area contributed by atoms with E-state index in [1.54, 1.807) is 5.48 Å². The third-order valence-corrected chi connectivity index (χ3v) is 4.28. The summed E-state index contributed by atoms with van der Waals surface area (Å²) in [6, 6.07) is 9.09. The minimum atomic E-state index is -0.695. The normalized spacial score (nSPS) is 16.8. The molecular weight excluding hydrogens is 280 g/mol. The molecule has 0 radical (unpaired) electrons. The average molecular weight is 304 g/mol. The molecule has 0 saturated heterocycles. The minimum Gasteiger partial charge on any atom is -0.344 e. The summed E-state index contributed by atoms with van der Waals surface area (Å²) in [4.78, 5) is 24.0. The van der Waals surface area contributed by atoms with E-state index in [0.29, 0.717) is 12.8 Å². The maximum absolute atomic E-state index is 12.3. The van der Waals surface area contributed by atoms with Crippen molar-refractivity contribution >= 4 is 11.8 Å². The van der Waals surface area contributed by atoms with Crippen LogP contribution in [0.1, 0.15) is 44.1 Å². The Kier molecular flexibility index (Phi) is 6.40. The Labute approximate surface area is 131 Å². The number of hydrogen-bond donors (Lipinski definition) is 3. The van der Waals surface area contributed by atoms with E-state index in [4.69, 9.17) is 5.21 Å². The van der Waals surface area contributed by atoms with E-state index in [0.717, 1.165) is 31.2 Å². The van der Waals surface area contributed by atoms with Crippen LogP contribution < -0.4 is 10.8 Å². The third kappa shape index (κ3) is 4.84. The van der Waals surface area contributed by atoms with Crippen LogP contribution in [0.2, 0.25) is 0 Å². The largest absolute Gasteiger partial charge is 0.344 e. The topological polar surface area (TPSA) is 78.4 Å². The number of hydrogen-bond acceptors (Lipinski definition) is 3. The Bertz CT molecular complexity index is 484. The van der Waals surface area contributed by atoms with E-state index in [9.17, 15) is 9.59 Å². The van der Waals surface area contributed by atoms with Crippen LogP contribution in [0, 0.1) is 5.92 Å². The predicted molar refractivity (Wildman–Crippen MR) is 83.2 cm³/mol. The van der Waals surface area contributed by atoms with Gasteiger partial charge in [0, 0.05) is 5.92 Å². The molecule has 1 aromatic rings. The first-order chi connectivity index (χ1) is 10.7. The SMILES string of the molecule is O=C(NC(CCc1ccccc1)C(=O)NO)C1CCCCC1. The van der Waals surface area contributed by atoms with Crippen LogP contribution in [-0.4, -0.2) is 23.1 Å². The molecule has 0 heterocycles. The molecule has 1 aromatic carbocycles. The fourth-order valence-corrected chi connectivity index (χ4v) is 2.96. The first kappa shape index (κ1) is 16.5. The molecule has 1 atom stereocenters. The van der Waals surface area contributed by atoms with Crippen molar-refractivity contribution in [3.8, 4) is 0 Å². The first-order valence-corrected chi connectivity index (χ1v) is 7.99. The van der Waals surface area contributed by atoms with Crippen LogP contribution in [0.15, 0.2) is 30.3 Å². The summed E-state index contributed by atoms with van der Waals surface area (Å²) < 4.78 is 0. The zero-order valence-electron chi connectivity index (χ0n) is 12.8. The number of carbonyl (C=O) groups is 2. The highest BCUT2D eigenvalue weighted by atomic mass is 16.5. The lowest BCUT2D eigenvalue weighted by Gasteiger charge is -2.24. The van der Waals surface area contributed by atoms with Gasteiger partial charge in [0.1, 0.15) is 6.04 Å². The van der Waals surface area contributed by atoms with Gasteiger partial charge in [-0.1, -0.05) is 49.6 Å². The molecular formula is C17H24N2O3. The molecule has 0 spiro atoms. The molecule has 1 aliphatic rings. The lowest BCUT2D eigenvalue weighted by atomic mass is 9.88. The molecule has 22 heavy (non-hydrogen) atoms. The van der Waals surface area contributed by atoms with Gasteiger partial charge >= 0.3 is 0 Å². The molecule has 1 saturated carbocycles.